The van der Waals surface area contributed by atoms with Crippen LogP contribution in [0.2, 0.25) is 0 Å². The molecule has 0 spiro atoms. The molecule has 0 saturated carbocycles. The minimum atomic E-state index is -3.89. The monoisotopic (exact) mass is 263 g/mol. The minimum absolute atomic E-state index is 0.0585. The van der Waals surface area contributed by atoms with Gasteiger partial charge in [0.25, 0.3) is 9.05 Å². The maximum Gasteiger partial charge on any atom is 0.262 e. The normalized spacial score (nSPS) is 11.1. The van der Waals surface area contributed by atoms with Crippen LogP contribution in [0.3, 0.4) is 0 Å². The Kier molecular flexibility index (Phi) is 3.61. The molecule has 0 unspecified atom stereocenters. The predicted octanol–water partition coefficient (Wildman–Crippen LogP) is 2.53. The number of nitrogens with zero attached hydrogens (tertiary/aromatic N) is 1. The molecule has 0 saturated heterocycles. The molecule has 3 nitrogen and oxygen atoms in total. The highest BCUT2D eigenvalue weighted by Gasteiger charge is 2.18. The summed E-state index contributed by atoms with van der Waals surface area (Å²) in [5, 5.41) is 8.87. The molecule has 0 radical (unpaired) electrons. The predicted molar refractivity (Wildman–Crippen MR) is 58.5 cm³/mol. The average molecular weight is 264 g/mol. The molecule has 0 fully saturated rings. The van der Waals surface area contributed by atoms with Crippen molar-refractivity contribution in [2.75, 3.05) is 0 Å². The van der Waals surface area contributed by atoms with Gasteiger partial charge in [-0.25, -0.2) is 8.42 Å². The molecule has 6 heteroatoms. The lowest BCUT2D eigenvalue weighted by molar-refractivity contribution is 0.609. The van der Waals surface area contributed by atoms with Crippen molar-refractivity contribution in [3.8, 4) is 6.07 Å². The number of alkyl halides is 1. The van der Waals surface area contributed by atoms with E-state index in [1.54, 1.807) is 13.0 Å². The van der Waals surface area contributed by atoms with Crippen molar-refractivity contribution >= 4 is 31.3 Å². The second-order valence-electron chi connectivity index (χ2n) is 2.91. The van der Waals surface area contributed by atoms with Crippen LogP contribution < -0.4 is 0 Å². The van der Waals surface area contributed by atoms with Crippen LogP contribution in [0.15, 0.2) is 17.0 Å². The van der Waals surface area contributed by atoms with E-state index in [4.69, 9.17) is 27.5 Å². The Morgan fingerprint density at radius 1 is 1.47 bits per heavy atom. The highest BCUT2D eigenvalue weighted by atomic mass is 35.7. The van der Waals surface area contributed by atoms with E-state index >= 15 is 0 Å². The van der Waals surface area contributed by atoms with Crippen molar-refractivity contribution in [1.29, 1.82) is 5.26 Å². The molecule has 1 rings (SSSR count). The zero-order valence-electron chi connectivity index (χ0n) is 7.79. The highest BCUT2D eigenvalue weighted by molar-refractivity contribution is 8.13. The van der Waals surface area contributed by atoms with Crippen molar-refractivity contribution in [2.45, 2.75) is 17.7 Å². The van der Waals surface area contributed by atoms with Gasteiger partial charge in [-0.2, -0.15) is 5.26 Å². The van der Waals surface area contributed by atoms with Gasteiger partial charge in [-0.3, -0.25) is 0 Å². The third-order valence-electron chi connectivity index (χ3n) is 2.06. The second kappa shape index (κ2) is 4.40. The fourth-order valence-electron chi connectivity index (χ4n) is 1.22. The molecule has 0 amide bonds. The summed E-state index contributed by atoms with van der Waals surface area (Å²) in [7, 11) is 1.31. The largest absolute Gasteiger partial charge is 0.262 e. The molecule has 0 aliphatic carbocycles. The average Bonchev–Trinajstić information content (AvgIpc) is 2.15. The Hall–Kier alpha value is -0.760. The van der Waals surface area contributed by atoms with Crippen LogP contribution in [0.5, 0.6) is 0 Å². The summed E-state index contributed by atoms with van der Waals surface area (Å²) in [6.07, 6.45) is 0. The highest BCUT2D eigenvalue weighted by Crippen LogP contribution is 2.25. The van der Waals surface area contributed by atoms with Crippen LogP contribution >= 0.6 is 22.3 Å². The van der Waals surface area contributed by atoms with E-state index in [9.17, 15) is 8.42 Å². The van der Waals surface area contributed by atoms with Crippen LogP contribution in [0.4, 0.5) is 0 Å². The zero-order chi connectivity index (χ0) is 11.6. The first-order valence-electron chi connectivity index (χ1n) is 3.95. The van der Waals surface area contributed by atoms with Gasteiger partial charge < -0.3 is 0 Å². The molecule has 80 valence electrons. The first kappa shape index (κ1) is 12.3. The zero-order valence-corrected chi connectivity index (χ0v) is 10.1. The molecule has 1 aromatic carbocycles. The molecule has 0 bridgehead atoms. The topological polar surface area (TPSA) is 57.9 Å². The van der Waals surface area contributed by atoms with Crippen molar-refractivity contribution in [3.63, 3.8) is 0 Å². The third kappa shape index (κ3) is 2.43. The summed E-state index contributed by atoms with van der Waals surface area (Å²) in [5.41, 5.74) is 1.33. The number of hydrogen-bond acceptors (Lipinski definition) is 3. The van der Waals surface area contributed by atoms with Crippen LogP contribution in [0.1, 0.15) is 16.7 Å². The third-order valence-corrected chi connectivity index (χ3v) is 3.71. The number of benzene rings is 1. The molecule has 0 atom stereocenters. The lowest BCUT2D eigenvalue weighted by atomic mass is 10.0. The molecular formula is C9H7Cl2NO2S. The molecule has 0 heterocycles. The standard InChI is InChI=1S/C9H7Cl2NO2S/c1-6-7(4-10)2-3-9(8(6)5-12)15(11,13)14/h2-3H,4H2,1H3. The van der Waals surface area contributed by atoms with E-state index in [-0.39, 0.29) is 16.3 Å². The quantitative estimate of drug-likeness (QED) is 0.609. The fourth-order valence-corrected chi connectivity index (χ4v) is 2.57. The molecule has 0 aliphatic heterocycles. The lowest BCUT2D eigenvalue weighted by Crippen LogP contribution is -2.00. The van der Waals surface area contributed by atoms with Gasteiger partial charge in [-0.05, 0) is 24.1 Å². The number of halogens is 2. The first-order chi connectivity index (χ1) is 6.91. The Bertz CT molecular complexity index is 532. The summed E-state index contributed by atoms with van der Waals surface area (Å²) in [6.45, 7) is 1.64. The van der Waals surface area contributed by atoms with Gasteiger partial charge in [-0.1, -0.05) is 6.07 Å². The van der Waals surface area contributed by atoms with Crippen LogP contribution in [-0.2, 0) is 14.9 Å². The Balaban J connectivity index is 3.61. The molecule has 15 heavy (non-hydrogen) atoms. The van der Waals surface area contributed by atoms with E-state index in [2.05, 4.69) is 0 Å². The Morgan fingerprint density at radius 2 is 2.07 bits per heavy atom. The number of nitriles is 1. The lowest BCUT2D eigenvalue weighted by Gasteiger charge is -2.07. The van der Waals surface area contributed by atoms with Crippen LogP contribution in [0, 0.1) is 18.3 Å². The first-order valence-corrected chi connectivity index (χ1v) is 6.79. The molecule has 1 aromatic rings. The van der Waals surface area contributed by atoms with Gasteiger partial charge in [0.2, 0.25) is 0 Å². The van der Waals surface area contributed by atoms with Crippen molar-refractivity contribution in [3.05, 3.63) is 28.8 Å². The van der Waals surface area contributed by atoms with Crippen LogP contribution in [-0.4, -0.2) is 8.42 Å². The molecule has 0 aliphatic rings. The summed E-state index contributed by atoms with van der Waals surface area (Å²) in [4.78, 5) is -0.168. The van der Waals surface area contributed by atoms with E-state index < -0.39 is 9.05 Å². The van der Waals surface area contributed by atoms with E-state index in [0.29, 0.717) is 5.56 Å². The molecule has 0 aromatic heterocycles. The Labute approximate surface area is 97.7 Å². The van der Waals surface area contributed by atoms with Crippen LogP contribution in [0.25, 0.3) is 0 Å². The SMILES string of the molecule is Cc1c(CCl)ccc(S(=O)(=O)Cl)c1C#N. The summed E-state index contributed by atoms with van der Waals surface area (Å²) in [6, 6.07) is 4.67. The van der Waals surface area contributed by atoms with E-state index in [1.165, 1.54) is 6.07 Å². The van der Waals surface area contributed by atoms with Gasteiger partial charge >= 0.3 is 0 Å². The van der Waals surface area contributed by atoms with E-state index in [0.717, 1.165) is 5.56 Å². The van der Waals surface area contributed by atoms with E-state index in [1.807, 2.05) is 6.07 Å². The molecular weight excluding hydrogens is 257 g/mol. The van der Waals surface area contributed by atoms with Crippen molar-refractivity contribution < 1.29 is 8.42 Å². The summed E-state index contributed by atoms with van der Waals surface area (Å²) >= 11 is 5.64. The maximum absolute atomic E-state index is 11.1. The maximum atomic E-state index is 11.1. The number of rotatable bonds is 2. The van der Waals surface area contributed by atoms with Crippen molar-refractivity contribution in [2.24, 2.45) is 0 Å². The van der Waals surface area contributed by atoms with Crippen molar-refractivity contribution in [1.82, 2.24) is 0 Å². The smallest absolute Gasteiger partial charge is 0.207 e. The van der Waals surface area contributed by atoms with Gasteiger partial charge in [0, 0.05) is 16.6 Å². The summed E-state index contributed by atoms with van der Waals surface area (Å²) < 4.78 is 22.3. The van der Waals surface area contributed by atoms with Gasteiger partial charge in [0.15, 0.2) is 0 Å². The minimum Gasteiger partial charge on any atom is -0.207 e. The number of hydrogen-bond donors (Lipinski definition) is 0. The van der Waals surface area contributed by atoms with Gasteiger partial charge in [-0.15, -0.1) is 11.6 Å². The molecule has 0 N–H and O–H groups in total. The Morgan fingerprint density at radius 3 is 2.47 bits per heavy atom. The summed E-state index contributed by atoms with van der Waals surface area (Å²) in [5.74, 6) is 0.225. The fraction of sp³-hybridized carbons (Fsp3) is 0.222. The van der Waals surface area contributed by atoms with Gasteiger partial charge in [0.05, 0.1) is 5.56 Å². The van der Waals surface area contributed by atoms with Gasteiger partial charge in [0.1, 0.15) is 11.0 Å². The second-order valence-corrected chi connectivity index (χ2v) is 5.71.